The number of rotatable bonds is 29. The summed E-state index contributed by atoms with van der Waals surface area (Å²) in [4.78, 5) is 50.0. The first-order valence-electron chi connectivity index (χ1n) is 21.6. The standard InChI is InChI=1S/C45H70O12/c1-3-5-13-21-35-32(25-27-37(35)47)19-15-9-7-11-17-23-40(49)54-30-34(31-55-45-44(53)43(52)42(51)39(29-46)57-45)56-41(50)24-18-12-8-10-16-20-33-26-28-38(48)36(33)22-14-6-4-2/h5-6,13-14,25-28,32-36,39,42-46,51-53H,3-4,7-12,15-24,29-31H2,1-2H3/b13-5+,14-6+/t32-,33+,34-,35+,36+,39-,42+,43-,44-,45+/m0/s1. The molecule has 3 rings (SSSR count). The number of carbonyl (C=O) groups is 4. The molecule has 12 heteroatoms. The molecule has 57 heavy (non-hydrogen) atoms. The number of ether oxygens (including phenoxy) is 4. The van der Waals surface area contributed by atoms with Crippen LogP contribution in [0.5, 0.6) is 0 Å². The van der Waals surface area contributed by atoms with Crippen LogP contribution >= 0.6 is 0 Å². The third-order valence-corrected chi connectivity index (χ3v) is 11.2. The van der Waals surface area contributed by atoms with Crippen molar-refractivity contribution in [1.29, 1.82) is 0 Å². The van der Waals surface area contributed by atoms with Crippen molar-refractivity contribution >= 4 is 23.5 Å². The van der Waals surface area contributed by atoms with Gasteiger partial charge >= 0.3 is 11.9 Å². The number of aliphatic hydroxyl groups excluding tert-OH is 4. The van der Waals surface area contributed by atoms with E-state index in [9.17, 15) is 39.6 Å². The number of hydrogen-bond donors (Lipinski definition) is 4. The Bertz CT molecular complexity index is 1320. The van der Waals surface area contributed by atoms with Crippen LogP contribution < -0.4 is 0 Å². The summed E-state index contributed by atoms with van der Waals surface area (Å²) in [6, 6.07) is 0. The van der Waals surface area contributed by atoms with Gasteiger partial charge in [0.1, 0.15) is 31.0 Å². The number of allylic oxidation sites excluding steroid dienone is 8. The minimum Gasteiger partial charge on any atom is -0.462 e. The van der Waals surface area contributed by atoms with Gasteiger partial charge in [-0.25, -0.2) is 0 Å². The van der Waals surface area contributed by atoms with E-state index in [0.29, 0.717) is 12.8 Å². The van der Waals surface area contributed by atoms with Crippen LogP contribution in [-0.4, -0.2) is 101 Å². The van der Waals surface area contributed by atoms with E-state index in [0.717, 1.165) is 89.9 Å². The molecule has 1 saturated heterocycles. The SMILES string of the molecule is CC/C=C/C[C@H]1C(=O)C=C[C@@H]1CCCCCCCC(=O)OC[C@@H](CO[C@@H]1O[C@@H](CO)[C@@H](O)[C@H](O)[C@@H]1O)OC(=O)CCCCCCC[C@@H]1C=CC(=O)[C@@H]1C/C=C/CC. The third kappa shape index (κ3) is 17.4. The van der Waals surface area contributed by atoms with E-state index in [2.05, 4.69) is 38.2 Å². The summed E-state index contributed by atoms with van der Waals surface area (Å²) in [5, 5.41) is 40.1. The van der Waals surface area contributed by atoms with Gasteiger partial charge in [0.2, 0.25) is 0 Å². The van der Waals surface area contributed by atoms with Crippen molar-refractivity contribution in [3.63, 3.8) is 0 Å². The zero-order valence-corrected chi connectivity index (χ0v) is 34.3. The van der Waals surface area contributed by atoms with E-state index in [4.69, 9.17) is 18.9 Å². The molecule has 0 saturated carbocycles. The molecule has 322 valence electrons. The molecule has 10 atom stereocenters. The van der Waals surface area contributed by atoms with E-state index in [1.54, 1.807) is 12.2 Å². The summed E-state index contributed by atoms with van der Waals surface area (Å²) in [7, 11) is 0. The number of esters is 2. The molecule has 3 aliphatic rings. The Balaban J connectivity index is 1.36. The predicted molar refractivity (Wildman–Crippen MR) is 216 cm³/mol. The fourth-order valence-electron chi connectivity index (χ4n) is 7.76. The van der Waals surface area contributed by atoms with E-state index >= 15 is 0 Å². The Morgan fingerprint density at radius 2 is 1.19 bits per heavy atom. The van der Waals surface area contributed by atoms with Crippen LogP contribution in [0.4, 0.5) is 0 Å². The molecule has 0 unspecified atom stereocenters. The molecular weight excluding hydrogens is 732 g/mol. The van der Waals surface area contributed by atoms with Gasteiger partial charge in [0, 0.05) is 24.7 Å². The Morgan fingerprint density at radius 1 is 0.684 bits per heavy atom. The van der Waals surface area contributed by atoms with Gasteiger partial charge in [0.05, 0.1) is 13.2 Å². The Hall–Kier alpha value is -3.00. The van der Waals surface area contributed by atoms with Crippen LogP contribution in [0.1, 0.15) is 129 Å². The zero-order valence-electron chi connectivity index (χ0n) is 34.3. The maximum Gasteiger partial charge on any atom is 0.306 e. The van der Waals surface area contributed by atoms with E-state index < -0.39 is 55.4 Å². The summed E-state index contributed by atoms with van der Waals surface area (Å²) in [6.45, 7) is 2.93. The Morgan fingerprint density at radius 3 is 1.72 bits per heavy atom. The van der Waals surface area contributed by atoms with Gasteiger partial charge in [-0.2, -0.15) is 0 Å². The molecule has 0 aromatic rings. The van der Waals surface area contributed by atoms with Gasteiger partial charge < -0.3 is 39.4 Å². The smallest absolute Gasteiger partial charge is 0.306 e. The Kier molecular flexibility index (Phi) is 23.5. The molecule has 0 aromatic heterocycles. The van der Waals surface area contributed by atoms with E-state index in [1.165, 1.54) is 0 Å². The highest BCUT2D eigenvalue weighted by Crippen LogP contribution is 2.32. The molecule has 1 fully saturated rings. The lowest BCUT2D eigenvalue weighted by Gasteiger charge is -2.39. The summed E-state index contributed by atoms with van der Waals surface area (Å²) < 4.78 is 22.1. The van der Waals surface area contributed by atoms with E-state index in [-0.39, 0.29) is 61.3 Å². The van der Waals surface area contributed by atoms with Crippen LogP contribution in [0.3, 0.4) is 0 Å². The van der Waals surface area contributed by atoms with Crippen LogP contribution in [-0.2, 0) is 38.1 Å². The number of aliphatic hydroxyl groups is 4. The normalized spacial score (nSPS) is 27.9. The van der Waals surface area contributed by atoms with Gasteiger partial charge in [-0.05, 0) is 75.4 Å². The van der Waals surface area contributed by atoms with Gasteiger partial charge in [0.25, 0.3) is 0 Å². The van der Waals surface area contributed by atoms with E-state index in [1.807, 2.05) is 12.2 Å². The monoisotopic (exact) mass is 802 g/mol. The first kappa shape index (κ1) is 48.4. The highest BCUT2D eigenvalue weighted by atomic mass is 16.7. The van der Waals surface area contributed by atoms with Crippen molar-refractivity contribution in [1.82, 2.24) is 0 Å². The van der Waals surface area contributed by atoms with Crippen molar-refractivity contribution in [2.75, 3.05) is 19.8 Å². The van der Waals surface area contributed by atoms with Crippen LogP contribution in [0.25, 0.3) is 0 Å². The Labute approximate surface area is 339 Å². The molecule has 0 aromatic carbocycles. The molecule has 0 radical (unpaired) electrons. The molecule has 0 bridgehead atoms. The minimum absolute atomic E-state index is 0.0425. The largest absolute Gasteiger partial charge is 0.462 e. The summed E-state index contributed by atoms with van der Waals surface area (Å²) in [5.41, 5.74) is 0. The number of carbonyl (C=O) groups excluding carboxylic acids is 4. The van der Waals surface area contributed by atoms with Crippen molar-refractivity contribution in [2.24, 2.45) is 23.7 Å². The first-order valence-corrected chi connectivity index (χ1v) is 21.6. The maximum absolute atomic E-state index is 12.8. The van der Waals surface area contributed by atoms with Gasteiger partial charge in [0.15, 0.2) is 24.0 Å². The molecule has 1 aliphatic heterocycles. The second kappa shape index (κ2) is 27.6. The van der Waals surface area contributed by atoms with Crippen LogP contribution in [0.15, 0.2) is 48.6 Å². The highest BCUT2D eigenvalue weighted by Gasteiger charge is 2.44. The first-order chi connectivity index (χ1) is 27.6. The molecule has 0 spiro atoms. The lowest BCUT2D eigenvalue weighted by molar-refractivity contribution is -0.305. The minimum atomic E-state index is -1.63. The molecule has 12 nitrogen and oxygen atoms in total. The van der Waals surface area contributed by atoms with Crippen molar-refractivity contribution in [2.45, 2.75) is 166 Å². The lowest BCUT2D eigenvalue weighted by Crippen LogP contribution is -2.59. The van der Waals surface area contributed by atoms with Crippen LogP contribution in [0.2, 0.25) is 0 Å². The molecule has 4 N–H and O–H groups in total. The summed E-state index contributed by atoms with van der Waals surface area (Å²) >= 11 is 0. The maximum atomic E-state index is 12.8. The molecule has 0 amide bonds. The predicted octanol–water partition coefficient (Wildman–Crippen LogP) is 6.17. The zero-order chi connectivity index (χ0) is 41.4. The van der Waals surface area contributed by atoms with Gasteiger partial charge in [-0.1, -0.05) is 102 Å². The third-order valence-electron chi connectivity index (χ3n) is 11.2. The second-order valence-corrected chi connectivity index (χ2v) is 15.7. The van der Waals surface area contributed by atoms with Gasteiger partial charge in [-0.15, -0.1) is 0 Å². The molecular formula is C45H70O12. The topological polar surface area (TPSA) is 186 Å². The lowest BCUT2D eigenvalue weighted by atomic mass is 9.87. The second-order valence-electron chi connectivity index (χ2n) is 15.7. The molecule has 1 heterocycles. The van der Waals surface area contributed by atoms with Crippen molar-refractivity contribution < 1.29 is 58.6 Å². The van der Waals surface area contributed by atoms with Crippen LogP contribution in [0, 0.1) is 23.7 Å². The fourth-order valence-corrected chi connectivity index (χ4v) is 7.76. The van der Waals surface area contributed by atoms with Crippen molar-refractivity contribution in [3.05, 3.63) is 48.6 Å². The quantitative estimate of drug-likeness (QED) is 0.0383. The summed E-state index contributed by atoms with van der Waals surface area (Å²) in [5.74, 6) is 0.157. The average molecular weight is 803 g/mol. The highest BCUT2D eigenvalue weighted by molar-refractivity contribution is 5.95. The van der Waals surface area contributed by atoms with Gasteiger partial charge in [-0.3, -0.25) is 19.2 Å². The number of unbranched alkanes of at least 4 members (excludes halogenated alkanes) is 8. The average Bonchev–Trinajstić information content (AvgIpc) is 3.74. The molecule has 2 aliphatic carbocycles. The fraction of sp³-hybridized carbons (Fsp3) is 0.733. The number of hydrogen-bond acceptors (Lipinski definition) is 12. The van der Waals surface area contributed by atoms with Crippen molar-refractivity contribution in [3.8, 4) is 0 Å². The summed E-state index contributed by atoms with van der Waals surface area (Å²) in [6.07, 6.45) is 22.2. The number of ketones is 2.